The lowest BCUT2D eigenvalue weighted by Crippen LogP contribution is -2.30. The maximum absolute atomic E-state index is 13.8. The van der Waals surface area contributed by atoms with Crippen molar-refractivity contribution in [3.05, 3.63) is 171 Å². The summed E-state index contributed by atoms with van der Waals surface area (Å²) in [6, 6.07) is 39.7. The zero-order chi connectivity index (χ0) is 34.9. The van der Waals surface area contributed by atoms with Crippen LogP contribution in [-0.4, -0.2) is 22.7 Å². The predicted molar refractivity (Wildman–Crippen MR) is 205 cm³/mol. The fourth-order valence-corrected chi connectivity index (χ4v) is 7.17. The summed E-state index contributed by atoms with van der Waals surface area (Å²) in [6.07, 6.45) is 1.62. The number of halogens is 2. The summed E-state index contributed by atoms with van der Waals surface area (Å²) in [6.45, 7) is 0. The lowest BCUT2D eigenvalue weighted by atomic mass is 10.1. The fourth-order valence-electron chi connectivity index (χ4n) is 4.86. The van der Waals surface area contributed by atoms with E-state index in [1.165, 1.54) is 23.1 Å². The standard InChI is InChI=1S/C39H28Cl2N4O3S2/c40-28-19-20-31(32(41)22-28)34-24-49-39(44-34)45-38(48)35(26-13-6-2-7-14-26)50-30-18-10-17-29(23-30)42-37(47)33(21-25-11-4-1-5-12-25)43-36(46)27-15-8-3-9-16-27/h1-24,35H,(H,42,47)(H,43,46)(H,44,45,48)/b33-21-. The number of hydrogen-bond donors (Lipinski definition) is 3. The van der Waals surface area contributed by atoms with Crippen molar-refractivity contribution in [2.75, 3.05) is 10.6 Å². The molecule has 0 saturated heterocycles. The summed E-state index contributed by atoms with van der Waals surface area (Å²) >= 11 is 15.1. The molecule has 1 unspecified atom stereocenters. The van der Waals surface area contributed by atoms with Gasteiger partial charge in [-0.3, -0.25) is 14.4 Å². The number of nitrogens with one attached hydrogen (secondary N) is 3. The van der Waals surface area contributed by atoms with Gasteiger partial charge in [0.2, 0.25) is 5.91 Å². The van der Waals surface area contributed by atoms with Crippen LogP contribution in [-0.2, 0) is 9.59 Å². The quantitative estimate of drug-likeness (QED) is 0.0909. The number of rotatable bonds is 11. The van der Waals surface area contributed by atoms with E-state index < -0.39 is 17.1 Å². The van der Waals surface area contributed by atoms with Gasteiger partial charge in [0, 0.05) is 32.1 Å². The third kappa shape index (κ3) is 9.07. The number of carbonyl (C=O) groups is 3. The van der Waals surface area contributed by atoms with E-state index in [1.807, 2.05) is 78.2 Å². The first-order valence-electron chi connectivity index (χ1n) is 15.3. The molecule has 0 aliphatic rings. The molecule has 0 spiro atoms. The van der Waals surface area contributed by atoms with Crippen molar-refractivity contribution in [3.63, 3.8) is 0 Å². The highest BCUT2D eigenvalue weighted by molar-refractivity contribution is 8.00. The maximum Gasteiger partial charge on any atom is 0.272 e. The lowest BCUT2D eigenvalue weighted by Gasteiger charge is -2.17. The highest BCUT2D eigenvalue weighted by Crippen LogP contribution is 2.38. The SMILES string of the molecule is O=C(Nc1cccc(SC(C(=O)Nc2nc(-c3ccc(Cl)cc3Cl)cs2)c2ccccc2)c1)/C(=C/c1ccccc1)NC(=O)c1ccccc1. The number of hydrogen-bond acceptors (Lipinski definition) is 6. The molecular weight excluding hydrogens is 707 g/mol. The first-order valence-corrected chi connectivity index (χ1v) is 17.8. The average molecular weight is 736 g/mol. The summed E-state index contributed by atoms with van der Waals surface area (Å²) in [4.78, 5) is 45.8. The Labute approximate surface area is 307 Å². The highest BCUT2D eigenvalue weighted by atomic mass is 35.5. The topological polar surface area (TPSA) is 100 Å². The Hall–Kier alpha value is -5.19. The smallest absolute Gasteiger partial charge is 0.272 e. The van der Waals surface area contributed by atoms with Gasteiger partial charge in [-0.25, -0.2) is 4.98 Å². The summed E-state index contributed by atoms with van der Waals surface area (Å²) in [5, 5.41) is 11.2. The van der Waals surface area contributed by atoms with Crippen molar-refractivity contribution in [1.29, 1.82) is 0 Å². The molecule has 3 amide bonds. The number of anilines is 2. The largest absolute Gasteiger partial charge is 0.321 e. The summed E-state index contributed by atoms with van der Waals surface area (Å²) in [5.74, 6) is -1.18. The van der Waals surface area contributed by atoms with Gasteiger partial charge < -0.3 is 16.0 Å². The number of aromatic nitrogens is 1. The van der Waals surface area contributed by atoms with E-state index in [0.717, 1.165) is 16.0 Å². The van der Waals surface area contributed by atoms with Crippen LogP contribution in [0.2, 0.25) is 10.0 Å². The molecule has 1 heterocycles. The molecule has 50 heavy (non-hydrogen) atoms. The number of thiazole rings is 1. The lowest BCUT2D eigenvalue weighted by molar-refractivity contribution is -0.116. The Balaban J connectivity index is 1.20. The van der Waals surface area contributed by atoms with Crippen LogP contribution in [0.3, 0.4) is 0 Å². The molecule has 0 aliphatic carbocycles. The Bertz CT molecular complexity index is 2160. The van der Waals surface area contributed by atoms with Gasteiger partial charge in [0.15, 0.2) is 5.13 Å². The number of amides is 3. The van der Waals surface area contributed by atoms with Gasteiger partial charge in [0.1, 0.15) is 10.9 Å². The summed E-state index contributed by atoms with van der Waals surface area (Å²) < 4.78 is 0. The van der Waals surface area contributed by atoms with E-state index in [0.29, 0.717) is 37.7 Å². The Kier molecular flexibility index (Phi) is 11.4. The predicted octanol–water partition coefficient (Wildman–Crippen LogP) is 10.00. The molecular formula is C39H28Cl2N4O3S2. The second-order valence-corrected chi connectivity index (χ2v) is 13.7. The van der Waals surface area contributed by atoms with Gasteiger partial charge in [-0.15, -0.1) is 23.1 Å². The number of benzene rings is 5. The number of nitrogens with zero attached hydrogens (tertiary/aromatic N) is 1. The molecule has 1 aromatic heterocycles. The van der Waals surface area contributed by atoms with E-state index >= 15 is 0 Å². The molecule has 6 rings (SSSR count). The van der Waals surface area contributed by atoms with Crippen molar-refractivity contribution in [3.8, 4) is 11.3 Å². The van der Waals surface area contributed by atoms with Crippen molar-refractivity contribution in [2.24, 2.45) is 0 Å². The van der Waals surface area contributed by atoms with Crippen LogP contribution < -0.4 is 16.0 Å². The van der Waals surface area contributed by atoms with Gasteiger partial charge in [0.05, 0.1) is 10.7 Å². The zero-order valence-electron chi connectivity index (χ0n) is 26.2. The van der Waals surface area contributed by atoms with Crippen molar-refractivity contribution >= 4 is 80.9 Å². The first-order chi connectivity index (χ1) is 24.3. The van der Waals surface area contributed by atoms with Crippen LogP contribution in [0.25, 0.3) is 17.3 Å². The van der Waals surface area contributed by atoms with Crippen LogP contribution in [0.5, 0.6) is 0 Å². The van der Waals surface area contributed by atoms with Crippen LogP contribution in [0.15, 0.2) is 149 Å². The normalized spacial score (nSPS) is 11.8. The van der Waals surface area contributed by atoms with Crippen molar-refractivity contribution in [2.45, 2.75) is 10.1 Å². The van der Waals surface area contributed by atoms with Crippen molar-refractivity contribution in [1.82, 2.24) is 10.3 Å². The monoisotopic (exact) mass is 734 g/mol. The van der Waals surface area contributed by atoms with Gasteiger partial charge in [-0.1, -0.05) is 108 Å². The van der Waals surface area contributed by atoms with E-state index in [4.69, 9.17) is 23.2 Å². The number of carbonyl (C=O) groups excluding carboxylic acids is 3. The maximum atomic E-state index is 13.8. The molecule has 0 bridgehead atoms. The van der Waals surface area contributed by atoms with Crippen LogP contribution in [0.4, 0.5) is 10.8 Å². The molecule has 1 atom stereocenters. The summed E-state index contributed by atoms with van der Waals surface area (Å²) in [7, 11) is 0. The molecule has 11 heteroatoms. The second-order valence-electron chi connectivity index (χ2n) is 10.8. The average Bonchev–Trinajstić information content (AvgIpc) is 3.59. The van der Waals surface area contributed by atoms with Gasteiger partial charge in [-0.2, -0.15) is 0 Å². The molecule has 3 N–H and O–H groups in total. The van der Waals surface area contributed by atoms with Crippen molar-refractivity contribution < 1.29 is 14.4 Å². The van der Waals surface area contributed by atoms with E-state index in [1.54, 1.807) is 66.7 Å². The van der Waals surface area contributed by atoms with E-state index in [2.05, 4.69) is 20.9 Å². The van der Waals surface area contributed by atoms with Gasteiger partial charge >= 0.3 is 0 Å². The second kappa shape index (κ2) is 16.5. The minimum Gasteiger partial charge on any atom is -0.321 e. The van der Waals surface area contributed by atoms with E-state index in [9.17, 15) is 14.4 Å². The minimum atomic E-state index is -0.646. The number of thioether (sulfide) groups is 1. The third-order valence-corrected chi connectivity index (χ3v) is 9.82. The molecule has 0 fully saturated rings. The van der Waals surface area contributed by atoms with E-state index in [-0.39, 0.29) is 11.6 Å². The van der Waals surface area contributed by atoms with Crippen LogP contribution in [0.1, 0.15) is 26.7 Å². The Morgan fingerprint density at radius 1 is 0.760 bits per heavy atom. The first kappa shape index (κ1) is 34.7. The van der Waals surface area contributed by atoms with Crippen LogP contribution in [0, 0.1) is 0 Å². The molecule has 0 radical (unpaired) electrons. The molecule has 5 aromatic carbocycles. The zero-order valence-corrected chi connectivity index (χ0v) is 29.3. The Morgan fingerprint density at radius 2 is 1.46 bits per heavy atom. The molecule has 0 aliphatic heterocycles. The van der Waals surface area contributed by atoms with Crippen LogP contribution >= 0.6 is 46.3 Å². The Morgan fingerprint density at radius 3 is 2.18 bits per heavy atom. The third-order valence-electron chi connectivity index (χ3n) is 7.27. The molecule has 0 saturated carbocycles. The highest BCUT2D eigenvalue weighted by Gasteiger charge is 2.24. The molecule has 7 nitrogen and oxygen atoms in total. The van der Waals surface area contributed by atoms with Gasteiger partial charge in [-0.05, 0) is 65.7 Å². The fraction of sp³-hybridized carbons (Fsp3) is 0.0256. The molecule has 248 valence electrons. The molecule has 6 aromatic rings. The summed E-state index contributed by atoms with van der Waals surface area (Å²) in [5.41, 5.74) is 3.86. The minimum absolute atomic E-state index is 0.0763. The van der Waals surface area contributed by atoms with Gasteiger partial charge in [0.25, 0.3) is 11.8 Å².